The first kappa shape index (κ1) is 20.9. The van der Waals surface area contributed by atoms with E-state index in [4.69, 9.17) is 9.47 Å². The van der Waals surface area contributed by atoms with E-state index >= 15 is 0 Å². The van der Waals surface area contributed by atoms with Crippen LogP contribution in [0, 0.1) is 0 Å². The second kappa shape index (κ2) is 10.6. The van der Waals surface area contributed by atoms with Gasteiger partial charge in [-0.15, -0.1) is 0 Å². The Labute approximate surface area is 162 Å². The summed E-state index contributed by atoms with van der Waals surface area (Å²) in [7, 11) is 1.63. The van der Waals surface area contributed by atoms with E-state index in [-0.39, 0.29) is 18.1 Å². The van der Waals surface area contributed by atoms with E-state index in [1.165, 1.54) is 0 Å². The van der Waals surface area contributed by atoms with E-state index in [2.05, 4.69) is 15.6 Å². The molecule has 1 aromatic carbocycles. The fourth-order valence-electron chi connectivity index (χ4n) is 3.03. The minimum absolute atomic E-state index is 0.0986. The maximum absolute atomic E-state index is 11.8. The molecule has 27 heavy (non-hydrogen) atoms. The molecule has 0 saturated carbocycles. The van der Waals surface area contributed by atoms with Gasteiger partial charge in [0.1, 0.15) is 6.10 Å². The first-order chi connectivity index (χ1) is 13.1. The van der Waals surface area contributed by atoms with Crippen molar-refractivity contribution in [1.29, 1.82) is 0 Å². The van der Waals surface area contributed by atoms with Crippen molar-refractivity contribution >= 4 is 11.9 Å². The number of hydrogen-bond acceptors (Lipinski definition) is 4. The molecular weight excluding hydrogens is 344 g/mol. The maximum Gasteiger partial charge on any atom is 0.222 e. The van der Waals surface area contributed by atoms with Crippen LogP contribution in [0.3, 0.4) is 0 Å². The lowest BCUT2D eigenvalue weighted by Crippen LogP contribution is -2.45. The predicted octanol–water partition coefficient (Wildman–Crippen LogP) is 2.03. The second-order valence-corrected chi connectivity index (χ2v) is 6.62. The van der Waals surface area contributed by atoms with Gasteiger partial charge in [0, 0.05) is 32.1 Å². The highest BCUT2D eigenvalue weighted by Gasteiger charge is 2.25. The number of para-hydroxylation sites is 2. The lowest BCUT2D eigenvalue weighted by molar-refractivity contribution is -0.129. The molecule has 0 radical (unpaired) electrons. The number of nitrogens with one attached hydrogen (secondary N) is 2. The largest absolute Gasteiger partial charge is 0.493 e. The molecule has 7 heteroatoms. The zero-order valence-corrected chi connectivity index (χ0v) is 16.8. The molecule has 2 atom stereocenters. The number of amides is 1. The summed E-state index contributed by atoms with van der Waals surface area (Å²) in [5, 5.41) is 6.70. The van der Waals surface area contributed by atoms with E-state index < -0.39 is 0 Å². The second-order valence-electron chi connectivity index (χ2n) is 6.62. The fourth-order valence-corrected chi connectivity index (χ4v) is 3.03. The van der Waals surface area contributed by atoms with Gasteiger partial charge in [-0.05, 0) is 32.4 Å². The van der Waals surface area contributed by atoms with Crippen molar-refractivity contribution < 1.29 is 14.3 Å². The van der Waals surface area contributed by atoms with E-state index in [1.807, 2.05) is 49.9 Å². The molecule has 1 aliphatic heterocycles. The minimum atomic E-state index is -0.0986. The standard InChI is InChI=1S/C20H32N4O3/c1-5-19(25)24-12-11-16(14-24)23-20(21-6-2)22-13-15(3)27-18-10-8-7-9-17(18)26-4/h7-10,15-16H,5-6,11-14H2,1-4H3,(H2,21,22,23). The topological polar surface area (TPSA) is 75.2 Å². The number of carbonyl (C=O) groups excluding carboxylic acids is 1. The Kier molecular flexibility index (Phi) is 8.23. The lowest BCUT2D eigenvalue weighted by Gasteiger charge is -2.20. The number of carbonyl (C=O) groups is 1. The van der Waals surface area contributed by atoms with Gasteiger partial charge in [0.25, 0.3) is 0 Å². The van der Waals surface area contributed by atoms with Crippen LogP contribution in [0.25, 0.3) is 0 Å². The minimum Gasteiger partial charge on any atom is -0.493 e. The average Bonchev–Trinajstić information content (AvgIpc) is 3.14. The van der Waals surface area contributed by atoms with E-state index in [0.29, 0.717) is 24.5 Å². The third-order valence-electron chi connectivity index (χ3n) is 4.43. The smallest absolute Gasteiger partial charge is 0.222 e. The molecule has 0 spiro atoms. The highest BCUT2D eigenvalue weighted by Crippen LogP contribution is 2.26. The summed E-state index contributed by atoms with van der Waals surface area (Å²) in [6, 6.07) is 7.82. The lowest BCUT2D eigenvalue weighted by atomic mass is 10.3. The van der Waals surface area contributed by atoms with Crippen molar-refractivity contribution in [3.63, 3.8) is 0 Å². The Bertz CT molecular complexity index is 635. The number of guanidine groups is 1. The molecule has 0 aromatic heterocycles. The van der Waals surface area contributed by atoms with Crippen LogP contribution in [-0.4, -0.2) is 62.2 Å². The number of benzene rings is 1. The summed E-state index contributed by atoms with van der Waals surface area (Å²) in [6.07, 6.45) is 1.39. The molecule has 2 N–H and O–H groups in total. The molecule has 0 aliphatic carbocycles. The molecule has 1 saturated heterocycles. The normalized spacial score (nSPS) is 18.1. The number of rotatable bonds is 8. The van der Waals surface area contributed by atoms with Crippen LogP contribution in [0.15, 0.2) is 29.3 Å². The predicted molar refractivity (Wildman–Crippen MR) is 107 cm³/mol. The number of aliphatic imine (C=N–C) groups is 1. The molecule has 1 heterocycles. The quantitative estimate of drug-likeness (QED) is 0.536. The van der Waals surface area contributed by atoms with Crippen LogP contribution < -0.4 is 20.1 Å². The van der Waals surface area contributed by atoms with Gasteiger partial charge in [0.2, 0.25) is 5.91 Å². The molecule has 1 fully saturated rings. The third kappa shape index (κ3) is 6.34. The van der Waals surface area contributed by atoms with Crippen LogP contribution in [0.4, 0.5) is 0 Å². The Morgan fingerprint density at radius 3 is 2.74 bits per heavy atom. The number of nitrogens with zero attached hydrogens (tertiary/aromatic N) is 2. The molecule has 150 valence electrons. The summed E-state index contributed by atoms with van der Waals surface area (Å²) in [5.74, 6) is 2.39. The Balaban J connectivity index is 1.90. The van der Waals surface area contributed by atoms with Gasteiger partial charge >= 0.3 is 0 Å². The van der Waals surface area contributed by atoms with Crippen molar-refractivity contribution in [2.24, 2.45) is 4.99 Å². The summed E-state index contributed by atoms with van der Waals surface area (Å²) < 4.78 is 11.3. The Hall–Kier alpha value is -2.44. The van der Waals surface area contributed by atoms with Crippen LogP contribution in [-0.2, 0) is 4.79 Å². The summed E-state index contributed by atoms with van der Waals surface area (Å²) >= 11 is 0. The van der Waals surface area contributed by atoms with Gasteiger partial charge in [-0.3, -0.25) is 4.79 Å². The van der Waals surface area contributed by atoms with Gasteiger partial charge in [0.15, 0.2) is 17.5 Å². The molecule has 1 amide bonds. The van der Waals surface area contributed by atoms with E-state index in [9.17, 15) is 4.79 Å². The van der Waals surface area contributed by atoms with E-state index in [1.54, 1.807) is 7.11 Å². The van der Waals surface area contributed by atoms with Crippen molar-refractivity contribution in [1.82, 2.24) is 15.5 Å². The third-order valence-corrected chi connectivity index (χ3v) is 4.43. The first-order valence-electron chi connectivity index (χ1n) is 9.69. The van der Waals surface area contributed by atoms with Crippen LogP contribution in [0.5, 0.6) is 11.5 Å². The molecule has 7 nitrogen and oxygen atoms in total. The van der Waals surface area contributed by atoms with Crippen LogP contribution in [0.1, 0.15) is 33.6 Å². The summed E-state index contributed by atoms with van der Waals surface area (Å²) in [6.45, 7) is 8.74. The van der Waals surface area contributed by atoms with Gasteiger partial charge in [-0.25, -0.2) is 4.99 Å². The van der Waals surface area contributed by atoms with Crippen LogP contribution >= 0.6 is 0 Å². The Morgan fingerprint density at radius 1 is 1.33 bits per heavy atom. The van der Waals surface area contributed by atoms with Crippen molar-refractivity contribution in [3.05, 3.63) is 24.3 Å². The number of methoxy groups -OCH3 is 1. The zero-order valence-electron chi connectivity index (χ0n) is 16.8. The fraction of sp³-hybridized carbons (Fsp3) is 0.600. The molecular formula is C20H32N4O3. The van der Waals surface area contributed by atoms with Gasteiger partial charge in [-0.2, -0.15) is 0 Å². The molecule has 1 aliphatic rings. The van der Waals surface area contributed by atoms with E-state index in [0.717, 1.165) is 32.0 Å². The summed E-state index contributed by atoms with van der Waals surface area (Å²) in [4.78, 5) is 18.4. The Morgan fingerprint density at radius 2 is 2.07 bits per heavy atom. The number of ether oxygens (including phenoxy) is 2. The van der Waals surface area contributed by atoms with Crippen molar-refractivity contribution in [2.45, 2.75) is 45.8 Å². The van der Waals surface area contributed by atoms with Gasteiger partial charge in [0.05, 0.1) is 13.7 Å². The molecule has 2 unspecified atom stereocenters. The van der Waals surface area contributed by atoms with Gasteiger partial charge in [-0.1, -0.05) is 19.1 Å². The highest BCUT2D eigenvalue weighted by molar-refractivity contribution is 5.80. The average molecular weight is 377 g/mol. The van der Waals surface area contributed by atoms with Crippen molar-refractivity contribution in [2.75, 3.05) is 33.3 Å². The zero-order chi connectivity index (χ0) is 19.6. The maximum atomic E-state index is 11.8. The number of hydrogen-bond donors (Lipinski definition) is 2. The number of likely N-dealkylation sites (tertiary alicyclic amines) is 1. The van der Waals surface area contributed by atoms with Crippen LogP contribution in [0.2, 0.25) is 0 Å². The molecule has 1 aromatic rings. The monoisotopic (exact) mass is 376 g/mol. The first-order valence-corrected chi connectivity index (χ1v) is 9.69. The molecule has 2 rings (SSSR count). The highest BCUT2D eigenvalue weighted by atomic mass is 16.5. The molecule has 0 bridgehead atoms. The SMILES string of the molecule is CCNC(=NCC(C)Oc1ccccc1OC)NC1CCN(C(=O)CC)C1. The van der Waals surface area contributed by atoms with Gasteiger partial charge < -0.3 is 25.0 Å². The van der Waals surface area contributed by atoms with Crippen molar-refractivity contribution in [3.8, 4) is 11.5 Å². The summed E-state index contributed by atoms with van der Waals surface area (Å²) in [5.41, 5.74) is 0.